The molecule has 1 aliphatic heterocycles. The lowest BCUT2D eigenvalue weighted by Gasteiger charge is -2.27. The highest BCUT2D eigenvalue weighted by atomic mass is 32.2. The zero-order valence-corrected chi connectivity index (χ0v) is 21.3. The number of benzene rings is 3. The summed E-state index contributed by atoms with van der Waals surface area (Å²) in [4.78, 5) is 15.8. The predicted molar refractivity (Wildman–Crippen MR) is 141 cm³/mol. The van der Waals surface area contributed by atoms with Gasteiger partial charge in [-0.15, -0.1) is 0 Å². The number of fused-ring (bicyclic) bond motifs is 4. The summed E-state index contributed by atoms with van der Waals surface area (Å²) in [6, 6.07) is 25.3. The maximum absolute atomic E-state index is 13.6. The molecular formula is C29H27N3O3S. The van der Waals surface area contributed by atoms with Gasteiger partial charge in [0.15, 0.2) is 0 Å². The maximum Gasteiger partial charge on any atom is 0.271 e. The quantitative estimate of drug-likeness (QED) is 0.392. The molecule has 4 aromatic rings. The van der Waals surface area contributed by atoms with Gasteiger partial charge in [-0.05, 0) is 53.8 Å². The number of hydrogen-bond acceptors (Lipinski definition) is 3. The molecule has 1 spiro atoms. The molecule has 3 aromatic carbocycles. The first-order valence-corrected chi connectivity index (χ1v) is 13.4. The molecule has 2 aliphatic rings. The van der Waals surface area contributed by atoms with Gasteiger partial charge < -0.3 is 9.47 Å². The fourth-order valence-electron chi connectivity index (χ4n) is 5.24. The fraction of sp³-hybridized carbons (Fsp3) is 0.207. The third-order valence-corrected chi connectivity index (χ3v) is 9.33. The topological polar surface area (TPSA) is 62.6 Å². The Morgan fingerprint density at radius 3 is 2.19 bits per heavy atom. The second kappa shape index (κ2) is 7.91. The molecule has 0 N–H and O–H groups in total. The van der Waals surface area contributed by atoms with Crippen molar-refractivity contribution in [3.05, 3.63) is 96.3 Å². The number of rotatable bonds is 4. The van der Waals surface area contributed by atoms with Crippen molar-refractivity contribution in [1.29, 1.82) is 0 Å². The van der Waals surface area contributed by atoms with Crippen LogP contribution in [0.2, 0.25) is 0 Å². The van der Waals surface area contributed by atoms with Crippen molar-refractivity contribution in [2.24, 2.45) is 0 Å². The summed E-state index contributed by atoms with van der Waals surface area (Å²) >= 11 is 0. The summed E-state index contributed by atoms with van der Waals surface area (Å²) in [7, 11) is 1.41. The molecule has 0 atom stereocenters. The van der Waals surface area contributed by atoms with Crippen LogP contribution in [-0.2, 0) is 15.6 Å². The summed E-state index contributed by atoms with van der Waals surface area (Å²) in [6.45, 7) is 0. The Balaban J connectivity index is 1.55. The standard InChI is InChI=1S/C29H27N3O3S/c1-30(2)36(34,35)24-11-7-10-21(16-24)22-12-13-25-26(17-22)32-19-23(20-8-5-4-6-9-20)18-27(32)28(33)31(3)29(25)14-15-29/h4-13,16-19H,14-15H2,1-3H3. The molecule has 1 saturated carbocycles. The van der Waals surface area contributed by atoms with Crippen LogP contribution >= 0.6 is 0 Å². The van der Waals surface area contributed by atoms with Crippen molar-refractivity contribution in [1.82, 2.24) is 13.8 Å². The van der Waals surface area contributed by atoms with Crippen molar-refractivity contribution in [3.63, 3.8) is 0 Å². The molecule has 0 unspecified atom stereocenters. The van der Waals surface area contributed by atoms with E-state index in [0.29, 0.717) is 5.69 Å². The summed E-state index contributed by atoms with van der Waals surface area (Å²) < 4.78 is 28.7. The van der Waals surface area contributed by atoms with Crippen LogP contribution in [0.5, 0.6) is 0 Å². The third-order valence-electron chi connectivity index (χ3n) is 7.52. The molecule has 1 amide bonds. The van der Waals surface area contributed by atoms with E-state index >= 15 is 0 Å². The molecule has 6 rings (SSSR count). The molecule has 1 aliphatic carbocycles. The van der Waals surface area contributed by atoms with Gasteiger partial charge in [-0.25, -0.2) is 12.7 Å². The van der Waals surface area contributed by atoms with Gasteiger partial charge in [-0.3, -0.25) is 4.79 Å². The van der Waals surface area contributed by atoms with Gasteiger partial charge in [0, 0.05) is 38.5 Å². The molecule has 0 bridgehead atoms. The van der Waals surface area contributed by atoms with E-state index in [2.05, 4.69) is 12.1 Å². The van der Waals surface area contributed by atoms with Crippen LogP contribution in [0.4, 0.5) is 0 Å². The lowest BCUT2D eigenvalue weighted by atomic mass is 9.96. The van der Waals surface area contributed by atoms with Crippen molar-refractivity contribution >= 4 is 15.9 Å². The second-order valence-corrected chi connectivity index (χ2v) is 11.9. The van der Waals surface area contributed by atoms with E-state index in [4.69, 9.17) is 0 Å². The zero-order valence-electron chi connectivity index (χ0n) is 20.5. The SMILES string of the molecule is CN1C(=O)c2cc(-c3ccccc3)cn2-c2cc(-c3cccc(S(=O)(=O)N(C)C)c3)ccc2C12CC2. The maximum atomic E-state index is 13.6. The van der Waals surface area contributed by atoms with Crippen molar-refractivity contribution in [2.75, 3.05) is 21.1 Å². The minimum absolute atomic E-state index is 0.00602. The number of amides is 1. The van der Waals surface area contributed by atoms with Gasteiger partial charge in [0.1, 0.15) is 5.69 Å². The summed E-state index contributed by atoms with van der Waals surface area (Å²) in [5.41, 5.74) is 6.15. The van der Waals surface area contributed by atoms with Crippen LogP contribution in [0.15, 0.2) is 90.0 Å². The zero-order chi connectivity index (χ0) is 25.2. The number of carbonyl (C=O) groups is 1. The van der Waals surface area contributed by atoms with E-state index in [1.165, 1.54) is 18.4 Å². The van der Waals surface area contributed by atoms with E-state index in [-0.39, 0.29) is 16.3 Å². The minimum Gasteiger partial charge on any atom is -0.331 e. The summed E-state index contributed by atoms with van der Waals surface area (Å²) in [5, 5.41) is 0. The van der Waals surface area contributed by atoms with E-state index in [1.54, 1.807) is 18.2 Å². The highest BCUT2D eigenvalue weighted by Gasteiger charge is 2.53. The van der Waals surface area contributed by atoms with E-state index in [0.717, 1.165) is 46.3 Å². The number of nitrogens with zero attached hydrogens (tertiary/aromatic N) is 3. The number of sulfonamides is 1. The van der Waals surface area contributed by atoms with Crippen molar-refractivity contribution in [3.8, 4) is 27.9 Å². The Kier molecular flexibility index (Phi) is 5.00. The number of carbonyl (C=O) groups excluding carboxylic acids is 1. The van der Waals surface area contributed by atoms with Crippen LogP contribution in [0.3, 0.4) is 0 Å². The summed E-state index contributed by atoms with van der Waals surface area (Å²) in [5.74, 6) is 0.00602. The number of hydrogen-bond donors (Lipinski definition) is 0. The molecule has 7 heteroatoms. The fourth-order valence-corrected chi connectivity index (χ4v) is 6.18. The van der Waals surface area contributed by atoms with Crippen LogP contribution in [0, 0.1) is 0 Å². The van der Waals surface area contributed by atoms with E-state index < -0.39 is 10.0 Å². The van der Waals surface area contributed by atoms with Gasteiger partial charge >= 0.3 is 0 Å². The molecule has 0 saturated heterocycles. The second-order valence-electron chi connectivity index (χ2n) is 9.79. The normalized spacial score (nSPS) is 16.1. The minimum atomic E-state index is -3.55. The Morgan fingerprint density at radius 2 is 1.50 bits per heavy atom. The Hall–Kier alpha value is -3.68. The summed E-state index contributed by atoms with van der Waals surface area (Å²) in [6.07, 6.45) is 3.89. The molecule has 1 fully saturated rings. The molecule has 6 nitrogen and oxygen atoms in total. The average molecular weight is 498 g/mol. The van der Waals surface area contributed by atoms with Crippen molar-refractivity contribution in [2.45, 2.75) is 23.3 Å². The van der Waals surface area contributed by atoms with Crippen LogP contribution in [0.25, 0.3) is 27.9 Å². The lowest BCUT2D eigenvalue weighted by Crippen LogP contribution is -2.36. The molecule has 36 heavy (non-hydrogen) atoms. The van der Waals surface area contributed by atoms with Crippen LogP contribution in [-0.4, -0.2) is 49.2 Å². The van der Waals surface area contributed by atoms with Gasteiger partial charge in [0.2, 0.25) is 10.0 Å². The highest BCUT2D eigenvalue weighted by molar-refractivity contribution is 7.89. The van der Waals surface area contributed by atoms with Gasteiger partial charge in [-0.2, -0.15) is 0 Å². The average Bonchev–Trinajstić information content (AvgIpc) is 3.59. The first-order valence-electron chi connectivity index (χ1n) is 12.0. The van der Waals surface area contributed by atoms with Crippen molar-refractivity contribution < 1.29 is 13.2 Å². The van der Waals surface area contributed by atoms with E-state index in [9.17, 15) is 13.2 Å². The van der Waals surface area contributed by atoms with Gasteiger partial charge in [0.05, 0.1) is 16.1 Å². The third kappa shape index (κ3) is 3.34. The molecular weight excluding hydrogens is 470 g/mol. The lowest BCUT2D eigenvalue weighted by molar-refractivity contribution is 0.0705. The largest absolute Gasteiger partial charge is 0.331 e. The molecule has 0 radical (unpaired) electrons. The first-order chi connectivity index (χ1) is 17.2. The molecule has 1 aromatic heterocycles. The van der Waals surface area contributed by atoms with E-state index in [1.807, 2.05) is 71.2 Å². The Bertz CT molecular complexity index is 1620. The number of aromatic nitrogens is 1. The molecule has 182 valence electrons. The Morgan fingerprint density at radius 1 is 0.806 bits per heavy atom. The van der Waals surface area contributed by atoms with Crippen LogP contribution in [0.1, 0.15) is 28.9 Å². The monoisotopic (exact) mass is 497 g/mol. The molecule has 2 heterocycles. The smallest absolute Gasteiger partial charge is 0.271 e. The Labute approximate surface area is 211 Å². The predicted octanol–water partition coefficient (Wildman–Crippen LogP) is 5.14. The highest BCUT2D eigenvalue weighted by Crippen LogP contribution is 2.54. The van der Waals surface area contributed by atoms with Gasteiger partial charge in [0.25, 0.3) is 5.91 Å². The van der Waals surface area contributed by atoms with Crippen LogP contribution < -0.4 is 0 Å². The first kappa shape index (κ1) is 22.8. The van der Waals surface area contributed by atoms with Gasteiger partial charge in [-0.1, -0.05) is 54.6 Å².